The Hall–Kier alpha value is -0.200. The van der Waals surface area contributed by atoms with E-state index < -0.39 is 24.9 Å². The molecule has 0 aromatic heterocycles. The van der Waals surface area contributed by atoms with Crippen LogP contribution in [0.2, 0.25) is 0 Å². The molecule has 5 nitrogen and oxygen atoms in total. The van der Waals surface area contributed by atoms with Crippen LogP contribution in [-0.2, 0) is 9.08 Å². The zero-order valence-electron chi connectivity index (χ0n) is 5.55. The Morgan fingerprint density at radius 2 is 2.09 bits per heavy atom. The largest absolute Gasteiger partial charge is 0.394 e. The Bertz CT molecular complexity index is 119. The van der Waals surface area contributed by atoms with Crippen LogP contribution >= 0.6 is 11.9 Å². The van der Waals surface area contributed by atoms with E-state index in [2.05, 4.69) is 4.29 Å². The number of rotatable bonds is 5. The highest BCUT2D eigenvalue weighted by atomic mass is 35.5. The molecule has 0 unspecified atom stereocenters. The van der Waals surface area contributed by atoms with Crippen LogP contribution in [0.25, 0.3) is 0 Å². The normalized spacial score (nSPS) is 18.9. The van der Waals surface area contributed by atoms with Gasteiger partial charge in [0.05, 0.1) is 18.5 Å². The third-order valence-electron chi connectivity index (χ3n) is 1.15. The fraction of sp³-hybridized carbons (Fsp3) is 0.800. The van der Waals surface area contributed by atoms with Crippen LogP contribution in [0, 0.1) is 0 Å². The molecule has 6 heteroatoms. The summed E-state index contributed by atoms with van der Waals surface area (Å²) in [6.07, 6.45) is -4.03. The molecular formula is C5H9ClO5. The van der Waals surface area contributed by atoms with Gasteiger partial charge in [-0.15, -0.1) is 0 Å². The lowest BCUT2D eigenvalue weighted by atomic mass is 10.1. The van der Waals surface area contributed by atoms with E-state index in [9.17, 15) is 4.79 Å². The number of hydrogen-bond donors (Lipinski definition) is 3. The van der Waals surface area contributed by atoms with Crippen molar-refractivity contribution < 1.29 is 24.4 Å². The topological polar surface area (TPSA) is 87.0 Å². The van der Waals surface area contributed by atoms with E-state index in [-0.39, 0.29) is 6.29 Å². The van der Waals surface area contributed by atoms with Crippen LogP contribution in [0.3, 0.4) is 0 Å². The first-order chi connectivity index (χ1) is 5.17. The average molecular weight is 185 g/mol. The average Bonchev–Trinajstić information content (AvgIpc) is 2.05. The van der Waals surface area contributed by atoms with Gasteiger partial charge in [0.25, 0.3) is 0 Å². The minimum atomic E-state index is -1.53. The minimum Gasteiger partial charge on any atom is -0.394 e. The van der Waals surface area contributed by atoms with Crippen molar-refractivity contribution in [2.45, 2.75) is 18.3 Å². The molecule has 3 N–H and O–H groups in total. The summed E-state index contributed by atoms with van der Waals surface area (Å²) in [6.45, 7) is -0.637. The van der Waals surface area contributed by atoms with Crippen molar-refractivity contribution in [3.8, 4) is 0 Å². The summed E-state index contributed by atoms with van der Waals surface area (Å²) < 4.78 is 4.04. The first kappa shape index (κ1) is 10.8. The van der Waals surface area contributed by atoms with E-state index in [4.69, 9.17) is 27.2 Å². The fourth-order valence-electron chi connectivity index (χ4n) is 0.521. The lowest BCUT2D eigenvalue weighted by Gasteiger charge is -2.18. The summed E-state index contributed by atoms with van der Waals surface area (Å²) in [5.41, 5.74) is 0. The maximum atomic E-state index is 9.94. The number of carbonyl (C=O) groups is 1. The third-order valence-corrected chi connectivity index (χ3v) is 1.35. The second-order valence-corrected chi connectivity index (χ2v) is 2.11. The number of halogens is 1. The zero-order chi connectivity index (χ0) is 8.85. The summed E-state index contributed by atoms with van der Waals surface area (Å²) in [5.74, 6) is 0. The third kappa shape index (κ3) is 3.13. The molecule has 0 spiro atoms. The maximum Gasteiger partial charge on any atom is 0.151 e. The minimum absolute atomic E-state index is 0.159. The van der Waals surface area contributed by atoms with Crippen LogP contribution in [0.5, 0.6) is 0 Å². The molecule has 0 aliphatic rings. The Kier molecular flexibility index (Phi) is 5.35. The van der Waals surface area contributed by atoms with Gasteiger partial charge in [0, 0.05) is 0 Å². The quantitative estimate of drug-likeness (QED) is 0.450. The van der Waals surface area contributed by atoms with Gasteiger partial charge in [-0.2, -0.15) is 0 Å². The van der Waals surface area contributed by atoms with E-state index in [0.717, 1.165) is 0 Å². The van der Waals surface area contributed by atoms with Crippen molar-refractivity contribution in [1.29, 1.82) is 0 Å². The Labute approximate surface area is 68.3 Å². The van der Waals surface area contributed by atoms with Crippen LogP contribution in [0.4, 0.5) is 0 Å². The standard InChI is InChI=1S/C5H9ClO5/c6-11-5(3(9)1-7)4(10)2-8/h1,3-5,8-10H,2H2/t3-,4+,5-/m0/s1. The zero-order valence-corrected chi connectivity index (χ0v) is 6.31. The summed E-state index contributed by atoms with van der Waals surface area (Å²) in [5, 5.41) is 26.0. The molecule has 0 bridgehead atoms. The van der Waals surface area contributed by atoms with Gasteiger partial charge >= 0.3 is 0 Å². The lowest BCUT2D eigenvalue weighted by Crippen LogP contribution is -2.40. The highest BCUT2D eigenvalue weighted by Crippen LogP contribution is 2.05. The van der Waals surface area contributed by atoms with Crippen molar-refractivity contribution >= 4 is 18.2 Å². The van der Waals surface area contributed by atoms with Gasteiger partial charge in [0.15, 0.2) is 6.29 Å². The van der Waals surface area contributed by atoms with E-state index in [1.165, 1.54) is 0 Å². The molecule has 66 valence electrons. The lowest BCUT2D eigenvalue weighted by molar-refractivity contribution is -0.125. The van der Waals surface area contributed by atoms with Crippen LogP contribution in [0.15, 0.2) is 0 Å². The molecule has 0 aliphatic heterocycles. The number of aldehydes is 1. The summed E-state index contributed by atoms with van der Waals surface area (Å²) in [6, 6.07) is 0. The molecule has 0 aliphatic carbocycles. The van der Waals surface area contributed by atoms with Crippen LogP contribution in [-0.4, -0.2) is 46.5 Å². The van der Waals surface area contributed by atoms with Crippen LogP contribution in [0.1, 0.15) is 0 Å². The van der Waals surface area contributed by atoms with Gasteiger partial charge in [0.1, 0.15) is 18.3 Å². The monoisotopic (exact) mass is 184 g/mol. The van der Waals surface area contributed by atoms with E-state index >= 15 is 0 Å². The van der Waals surface area contributed by atoms with Crippen molar-refractivity contribution in [3.63, 3.8) is 0 Å². The second kappa shape index (κ2) is 5.45. The van der Waals surface area contributed by atoms with E-state index in [0.29, 0.717) is 0 Å². The maximum absolute atomic E-state index is 9.94. The molecule has 0 amide bonds. The van der Waals surface area contributed by atoms with Crippen molar-refractivity contribution in [2.75, 3.05) is 6.61 Å². The predicted octanol–water partition coefficient (Wildman–Crippen LogP) is -1.56. The first-order valence-electron chi connectivity index (χ1n) is 2.87. The molecule has 0 fully saturated rings. The number of carbonyl (C=O) groups excluding carboxylic acids is 1. The summed E-state index contributed by atoms with van der Waals surface area (Å²) in [7, 11) is 0. The SMILES string of the molecule is O=C[C@H](O)[C@H](OCl)[C@H](O)CO. The number of aliphatic hydroxyl groups excluding tert-OH is 3. The predicted molar refractivity (Wildman–Crippen MR) is 35.9 cm³/mol. The molecule has 0 aromatic carbocycles. The Morgan fingerprint density at radius 3 is 2.36 bits per heavy atom. The molecule has 0 saturated carbocycles. The van der Waals surface area contributed by atoms with Crippen LogP contribution < -0.4 is 0 Å². The molecule has 0 radical (unpaired) electrons. The summed E-state index contributed by atoms with van der Waals surface area (Å²) in [4.78, 5) is 9.94. The molecular weight excluding hydrogens is 176 g/mol. The van der Waals surface area contributed by atoms with Gasteiger partial charge in [-0.1, -0.05) is 0 Å². The van der Waals surface area contributed by atoms with Crippen molar-refractivity contribution in [2.24, 2.45) is 0 Å². The van der Waals surface area contributed by atoms with Crippen molar-refractivity contribution in [3.05, 3.63) is 0 Å². The molecule has 3 atom stereocenters. The van der Waals surface area contributed by atoms with E-state index in [1.807, 2.05) is 0 Å². The molecule has 0 rings (SSSR count). The Morgan fingerprint density at radius 1 is 1.55 bits per heavy atom. The summed E-state index contributed by atoms with van der Waals surface area (Å²) >= 11 is 4.82. The highest BCUT2D eigenvalue weighted by Gasteiger charge is 2.26. The van der Waals surface area contributed by atoms with E-state index in [1.54, 1.807) is 0 Å². The number of hydrogen-bond acceptors (Lipinski definition) is 5. The molecule has 0 aromatic rings. The van der Waals surface area contributed by atoms with Gasteiger partial charge in [-0.05, 0) is 0 Å². The first-order valence-corrected chi connectivity index (χ1v) is 3.18. The van der Waals surface area contributed by atoms with Gasteiger partial charge in [0.2, 0.25) is 0 Å². The number of aliphatic hydroxyl groups is 3. The van der Waals surface area contributed by atoms with Gasteiger partial charge < -0.3 is 20.1 Å². The van der Waals surface area contributed by atoms with Gasteiger partial charge in [-0.25, -0.2) is 0 Å². The molecule has 11 heavy (non-hydrogen) atoms. The second-order valence-electron chi connectivity index (χ2n) is 1.93. The smallest absolute Gasteiger partial charge is 0.151 e. The highest BCUT2D eigenvalue weighted by molar-refractivity contribution is 6.07. The Balaban J connectivity index is 4.02. The van der Waals surface area contributed by atoms with Crippen molar-refractivity contribution in [1.82, 2.24) is 0 Å². The molecule has 0 saturated heterocycles. The molecule has 0 heterocycles. The fourth-order valence-corrected chi connectivity index (χ4v) is 0.745. The van der Waals surface area contributed by atoms with Gasteiger partial charge in [-0.3, -0.25) is 4.29 Å².